The van der Waals surface area contributed by atoms with E-state index in [4.69, 9.17) is 18.9 Å². The maximum Gasteiger partial charge on any atom is 0.134 e. The predicted molar refractivity (Wildman–Crippen MR) is 139 cm³/mol. The van der Waals surface area contributed by atoms with Crippen LogP contribution in [-0.4, -0.2) is 44.2 Å². The fourth-order valence-corrected chi connectivity index (χ4v) is 3.77. The molecule has 0 saturated carbocycles. The summed E-state index contributed by atoms with van der Waals surface area (Å²) >= 11 is 0. The fourth-order valence-electron chi connectivity index (χ4n) is 3.77. The smallest absolute Gasteiger partial charge is 0.134 e. The Bertz CT molecular complexity index is 1340. The van der Waals surface area contributed by atoms with Gasteiger partial charge >= 0.3 is 0 Å². The Kier molecular flexibility index (Phi) is 7.78. The molecular weight excluding hydrogens is 484 g/mol. The molecule has 5 aromatic rings. The van der Waals surface area contributed by atoms with E-state index in [-0.39, 0.29) is 0 Å². The van der Waals surface area contributed by atoms with Crippen molar-refractivity contribution in [2.75, 3.05) is 14.2 Å². The van der Waals surface area contributed by atoms with Crippen LogP contribution >= 0.6 is 0 Å². The lowest BCUT2D eigenvalue weighted by molar-refractivity contribution is 0.285. The number of methoxy groups -OCH3 is 2. The summed E-state index contributed by atoms with van der Waals surface area (Å²) in [6.45, 7) is 1.83. The molecule has 0 radical (unpaired) electrons. The normalized spacial score (nSPS) is 10.8. The average molecular weight is 513 g/mol. The number of nitrogens with zero attached hydrogens (tertiary/aromatic N) is 6. The molecule has 194 valence electrons. The van der Waals surface area contributed by atoms with E-state index in [1.807, 2.05) is 85.2 Å². The van der Waals surface area contributed by atoms with Crippen LogP contribution in [0.1, 0.15) is 22.5 Å². The van der Waals surface area contributed by atoms with Gasteiger partial charge in [0, 0.05) is 6.07 Å². The van der Waals surface area contributed by atoms with Crippen LogP contribution < -0.4 is 18.9 Å². The highest BCUT2D eigenvalue weighted by atomic mass is 16.5. The summed E-state index contributed by atoms with van der Waals surface area (Å²) < 4.78 is 25.8. The number of aromatic nitrogens is 6. The molecule has 0 aliphatic rings. The van der Waals surface area contributed by atoms with Gasteiger partial charge in [0.25, 0.3) is 0 Å². The lowest BCUT2D eigenvalue weighted by Crippen LogP contribution is -2.00. The van der Waals surface area contributed by atoms with Gasteiger partial charge < -0.3 is 18.9 Å². The summed E-state index contributed by atoms with van der Waals surface area (Å²) in [6, 6.07) is 23.2. The second-order valence-electron chi connectivity index (χ2n) is 8.56. The van der Waals surface area contributed by atoms with Crippen molar-refractivity contribution >= 4 is 0 Å². The zero-order valence-corrected chi connectivity index (χ0v) is 21.2. The van der Waals surface area contributed by atoms with Gasteiger partial charge in [-0.3, -0.25) is 0 Å². The van der Waals surface area contributed by atoms with Gasteiger partial charge in [-0.25, -0.2) is 9.36 Å². The molecule has 0 bridgehead atoms. The van der Waals surface area contributed by atoms with Gasteiger partial charge in [-0.05, 0) is 47.5 Å². The Labute approximate surface area is 220 Å². The molecule has 3 aromatic carbocycles. The number of hydrogen-bond donors (Lipinski definition) is 0. The highest BCUT2D eigenvalue weighted by Crippen LogP contribution is 2.21. The van der Waals surface area contributed by atoms with Crippen molar-refractivity contribution in [3.05, 3.63) is 108 Å². The third-order valence-corrected chi connectivity index (χ3v) is 5.76. The number of hydrogen-bond acceptors (Lipinski definition) is 8. The highest BCUT2D eigenvalue weighted by molar-refractivity contribution is 5.33. The minimum absolute atomic E-state index is 0.297. The summed E-state index contributed by atoms with van der Waals surface area (Å²) in [4.78, 5) is 0. The average Bonchev–Trinajstić information content (AvgIpc) is 3.61. The fraction of sp³-hybridized carbons (Fsp3) is 0.214. The van der Waals surface area contributed by atoms with Crippen LogP contribution in [0.3, 0.4) is 0 Å². The molecule has 2 aromatic heterocycles. The summed E-state index contributed by atoms with van der Waals surface area (Å²) in [6.07, 6.45) is 3.75. The van der Waals surface area contributed by atoms with E-state index >= 15 is 0 Å². The number of ether oxygens (including phenoxy) is 4. The zero-order valence-electron chi connectivity index (χ0n) is 21.2. The molecule has 10 nitrogen and oxygen atoms in total. The standard InChI is InChI=1S/C28H28N6O4/c1-35-25-10-6-21(7-11-25)15-33-17-23(29-31-33)19-37-27-4-3-5-28(14-27)38-20-24-18-34(32-30-24)16-22-8-12-26(36-2)13-9-22/h3-14,17-18H,15-16,19-20H2,1-2H3. The van der Waals surface area contributed by atoms with Crippen LogP contribution in [0.25, 0.3) is 0 Å². The van der Waals surface area contributed by atoms with Gasteiger partial charge in [-0.1, -0.05) is 40.8 Å². The van der Waals surface area contributed by atoms with Crippen LogP contribution in [0.15, 0.2) is 85.2 Å². The first kappa shape index (κ1) is 24.8. The van der Waals surface area contributed by atoms with Gasteiger partial charge in [-0.2, -0.15) is 0 Å². The van der Waals surface area contributed by atoms with E-state index in [1.165, 1.54) is 0 Å². The molecule has 5 rings (SSSR count). The minimum Gasteiger partial charge on any atom is -0.497 e. The lowest BCUT2D eigenvalue weighted by atomic mass is 10.2. The molecule has 0 aliphatic carbocycles. The van der Waals surface area contributed by atoms with E-state index in [2.05, 4.69) is 20.6 Å². The molecule has 0 unspecified atom stereocenters. The van der Waals surface area contributed by atoms with E-state index in [0.29, 0.717) is 37.8 Å². The van der Waals surface area contributed by atoms with Crippen LogP contribution in [0, 0.1) is 0 Å². The second kappa shape index (κ2) is 11.9. The molecule has 10 heteroatoms. The van der Waals surface area contributed by atoms with Crippen molar-refractivity contribution in [3.63, 3.8) is 0 Å². The van der Waals surface area contributed by atoms with E-state index in [1.54, 1.807) is 23.6 Å². The quantitative estimate of drug-likeness (QED) is 0.246. The molecule has 0 amide bonds. The van der Waals surface area contributed by atoms with Crippen molar-refractivity contribution in [1.82, 2.24) is 30.0 Å². The first-order chi connectivity index (χ1) is 18.7. The zero-order chi connectivity index (χ0) is 26.2. The highest BCUT2D eigenvalue weighted by Gasteiger charge is 2.07. The monoisotopic (exact) mass is 512 g/mol. The maximum atomic E-state index is 5.91. The molecule has 0 saturated heterocycles. The topological polar surface area (TPSA) is 98.3 Å². The summed E-state index contributed by atoms with van der Waals surface area (Å²) in [5.74, 6) is 3.00. The Morgan fingerprint density at radius 3 is 1.45 bits per heavy atom. The Morgan fingerprint density at radius 2 is 1.03 bits per heavy atom. The van der Waals surface area contributed by atoms with E-state index < -0.39 is 0 Å². The number of benzene rings is 3. The third kappa shape index (κ3) is 6.67. The predicted octanol–water partition coefficient (Wildman–Crippen LogP) is 4.14. The molecule has 0 aliphatic heterocycles. The van der Waals surface area contributed by atoms with Gasteiger partial charge in [0.2, 0.25) is 0 Å². The first-order valence-electron chi connectivity index (χ1n) is 12.1. The van der Waals surface area contributed by atoms with Crippen molar-refractivity contribution in [3.8, 4) is 23.0 Å². The summed E-state index contributed by atoms with van der Waals surface area (Å²) in [7, 11) is 3.30. The van der Waals surface area contributed by atoms with Crippen molar-refractivity contribution < 1.29 is 18.9 Å². The Balaban J connectivity index is 1.10. The minimum atomic E-state index is 0.297. The van der Waals surface area contributed by atoms with Gasteiger partial charge in [-0.15, -0.1) is 10.2 Å². The van der Waals surface area contributed by atoms with Gasteiger partial charge in [0.1, 0.15) is 47.6 Å². The molecule has 0 N–H and O–H groups in total. The van der Waals surface area contributed by atoms with Crippen LogP contribution in [-0.2, 0) is 26.3 Å². The van der Waals surface area contributed by atoms with E-state index in [9.17, 15) is 0 Å². The molecule has 2 heterocycles. The molecule has 38 heavy (non-hydrogen) atoms. The van der Waals surface area contributed by atoms with Crippen molar-refractivity contribution in [2.45, 2.75) is 26.3 Å². The second-order valence-corrected chi connectivity index (χ2v) is 8.56. The largest absolute Gasteiger partial charge is 0.497 e. The van der Waals surface area contributed by atoms with Crippen molar-refractivity contribution in [2.24, 2.45) is 0 Å². The van der Waals surface area contributed by atoms with Gasteiger partial charge in [0.05, 0.1) is 39.7 Å². The van der Waals surface area contributed by atoms with Crippen LogP contribution in [0.2, 0.25) is 0 Å². The van der Waals surface area contributed by atoms with Crippen LogP contribution in [0.4, 0.5) is 0 Å². The lowest BCUT2D eigenvalue weighted by Gasteiger charge is -2.08. The summed E-state index contributed by atoms with van der Waals surface area (Å²) in [5.41, 5.74) is 3.68. The van der Waals surface area contributed by atoms with Crippen molar-refractivity contribution in [1.29, 1.82) is 0 Å². The van der Waals surface area contributed by atoms with Gasteiger partial charge in [0.15, 0.2) is 0 Å². The molecule has 0 fully saturated rings. The first-order valence-corrected chi connectivity index (χ1v) is 12.1. The Hall–Kier alpha value is -4.86. The Morgan fingerprint density at radius 1 is 0.579 bits per heavy atom. The molecule has 0 spiro atoms. The SMILES string of the molecule is COc1ccc(Cn2cc(COc3cccc(OCc4cn(Cc5ccc(OC)cc5)nn4)c3)nn2)cc1. The molecular formula is C28H28N6O4. The maximum absolute atomic E-state index is 5.91. The van der Waals surface area contributed by atoms with E-state index in [0.717, 1.165) is 34.0 Å². The van der Waals surface area contributed by atoms with Crippen LogP contribution in [0.5, 0.6) is 23.0 Å². The third-order valence-electron chi connectivity index (χ3n) is 5.76. The molecule has 0 atom stereocenters. The summed E-state index contributed by atoms with van der Waals surface area (Å²) in [5, 5.41) is 16.8. The number of rotatable bonds is 12.